The van der Waals surface area contributed by atoms with Crippen molar-refractivity contribution in [2.75, 3.05) is 5.32 Å². The van der Waals surface area contributed by atoms with E-state index in [0.717, 1.165) is 5.56 Å². The van der Waals surface area contributed by atoms with Gasteiger partial charge in [0.1, 0.15) is 10.6 Å². The third-order valence-corrected chi connectivity index (χ3v) is 5.97. The summed E-state index contributed by atoms with van der Waals surface area (Å²) >= 11 is 7.14. The molecule has 1 aromatic heterocycles. The molecule has 0 saturated heterocycles. The SMILES string of the molecule is O=C(O)c1c(-c2ccc(Cl)cc2)csc1NC(=O)C1Cc2ccccc2C1. The first-order valence-electron chi connectivity index (χ1n) is 8.51. The smallest absolute Gasteiger partial charge is 0.339 e. The second-order valence-electron chi connectivity index (χ2n) is 6.53. The van der Waals surface area contributed by atoms with Gasteiger partial charge in [0.15, 0.2) is 0 Å². The first kappa shape index (κ1) is 17.8. The Morgan fingerprint density at radius 2 is 1.67 bits per heavy atom. The minimum absolute atomic E-state index is 0.117. The number of fused-ring (bicyclic) bond motifs is 1. The van der Waals surface area contributed by atoms with Gasteiger partial charge in [-0.3, -0.25) is 4.79 Å². The number of carbonyl (C=O) groups excluding carboxylic acids is 1. The topological polar surface area (TPSA) is 66.4 Å². The fourth-order valence-corrected chi connectivity index (χ4v) is 4.55. The van der Waals surface area contributed by atoms with Crippen LogP contribution in [0.15, 0.2) is 53.9 Å². The highest BCUT2D eigenvalue weighted by molar-refractivity contribution is 7.15. The molecule has 0 atom stereocenters. The Balaban J connectivity index is 1.58. The van der Waals surface area contributed by atoms with Gasteiger partial charge in [-0.25, -0.2) is 4.79 Å². The van der Waals surface area contributed by atoms with Crippen LogP contribution in [0.5, 0.6) is 0 Å². The molecule has 2 aromatic carbocycles. The molecule has 1 aliphatic rings. The van der Waals surface area contributed by atoms with E-state index >= 15 is 0 Å². The number of thiophene rings is 1. The highest BCUT2D eigenvalue weighted by Gasteiger charge is 2.29. The van der Waals surface area contributed by atoms with Crippen LogP contribution in [-0.2, 0) is 17.6 Å². The molecule has 1 aliphatic carbocycles. The average Bonchev–Trinajstić information content (AvgIpc) is 3.26. The summed E-state index contributed by atoms with van der Waals surface area (Å²) in [5.41, 5.74) is 3.82. The quantitative estimate of drug-likeness (QED) is 0.642. The van der Waals surface area contributed by atoms with Crippen molar-refractivity contribution in [2.45, 2.75) is 12.8 Å². The lowest BCUT2D eigenvalue weighted by Gasteiger charge is -2.10. The van der Waals surface area contributed by atoms with Gasteiger partial charge in [-0.2, -0.15) is 0 Å². The van der Waals surface area contributed by atoms with Crippen LogP contribution in [0.25, 0.3) is 11.1 Å². The molecule has 0 unspecified atom stereocenters. The molecule has 1 heterocycles. The summed E-state index contributed by atoms with van der Waals surface area (Å²) in [5.74, 6) is -1.38. The van der Waals surface area contributed by atoms with Crippen molar-refractivity contribution < 1.29 is 14.7 Å². The van der Waals surface area contributed by atoms with Crippen LogP contribution in [0, 0.1) is 5.92 Å². The fraction of sp³-hybridized carbons (Fsp3) is 0.143. The van der Waals surface area contributed by atoms with E-state index in [0.29, 0.717) is 28.4 Å². The van der Waals surface area contributed by atoms with Crippen molar-refractivity contribution in [3.63, 3.8) is 0 Å². The first-order chi connectivity index (χ1) is 13.0. The zero-order chi connectivity index (χ0) is 19.0. The number of rotatable bonds is 4. The maximum absolute atomic E-state index is 12.7. The van der Waals surface area contributed by atoms with Crippen molar-refractivity contribution in [1.29, 1.82) is 0 Å². The number of aromatic carboxylic acids is 1. The highest BCUT2D eigenvalue weighted by Crippen LogP contribution is 2.37. The molecular formula is C21H16ClNO3S. The van der Waals surface area contributed by atoms with E-state index < -0.39 is 5.97 Å². The van der Waals surface area contributed by atoms with Crippen LogP contribution in [0.2, 0.25) is 5.02 Å². The van der Waals surface area contributed by atoms with Gasteiger partial charge in [0.25, 0.3) is 0 Å². The van der Waals surface area contributed by atoms with Crippen LogP contribution in [0.3, 0.4) is 0 Å². The van der Waals surface area contributed by atoms with Crippen molar-refractivity contribution in [1.82, 2.24) is 0 Å². The summed E-state index contributed by atoms with van der Waals surface area (Å²) in [6.07, 6.45) is 1.36. The molecule has 0 fully saturated rings. The molecule has 1 amide bonds. The molecule has 0 radical (unpaired) electrons. The molecular weight excluding hydrogens is 382 g/mol. The number of hydrogen-bond acceptors (Lipinski definition) is 3. The monoisotopic (exact) mass is 397 g/mol. The predicted molar refractivity (Wildman–Crippen MR) is 108 cm³/mol. The number of amides is 1. The summed E-state index contributed by atoms with van der Waals surface area (Å²) in [4.78, 5) is 24.6. The van der Waals surface area contributed by atoms with Crippen molar-refractivity contribution in [2.24, 2.45) is 5.92 Å². The average molecular weight is 398 g/mol. The summed E-state index contributed by atoms with van der Waals surface area (Å²) in [7, 11) is 0. The van der Waals surface area contributed by atoms with Crippen molar-refractivity contribution in [3.05, 3.63) is 75.6 Å². The molecule has 136 valence electrons. The lowest BCUT2D eigenvalue weighted by atomic mass is 10.0. The third kappa shape index (κ3) is 3.48. The molecule has 0 spiro atoms. The van der Waals surface area contributed by atoms with Gasteiger partial charge >= 0.3 is 5.97 Å². The fourth-order valence-electron chi connectivity index (χ4n) is 3.46. The summed E-state index contributed by atoms with van der Waals surface area (Å²) in [5, 5.41) is 15.3. The maximum Gasteiger partial charge on any atom is 0.339 e. The lowest BCUT2D eigenvalue weighted by Crippen LogP contribution is -2.23. The summed E-state index contributed by atoms with van der Waals surface area (Å²) in [6.45, 7) is 0. The van der Waals surface area contributed by atoms with Gasteiger partial charge in [-0.05, 0) is 41.7 Å². The lowest BCUT2D eigenvalue weighted by molar-refractivity contribution is -0.119. The normalized spacial score (nSPS) is 13.4. The molecule has 0 saturated carbocycles. The number of halogens is 1. The Hall–Kier alpha value is -2.63. The molecule has 4 nitrogen and oxygen atoms in total. The van der Waals surface area contributed by atoms with Crippen LogP contribution in [0.4, 0.5) is 5.00 Å². The highest BCUT2D eigenvalue weighted by atomic mass is 35.5. The minimum Gasteiger partial charge on any atom is -0.478 e. The number of carbonyl (C=O) groups is 2. The number of hydrogen-bond donors (Lipinski definition) is 2. The standard InChI is InChI=1S/C21H16ClNO3S/c22-16-7-5-12(6-8-16)17-11-27-20(18(17)21(25)26)23-19(24)15-9-13-3-1-2-4-14(13)10-15/h1-8,11,15H,9-10H2,(H,23,24)(H,25,26). The Labute approximate surface area is 165 Å². The van der Waals surface area contributed by atoms with Crippen LogP contribution < -0.4 is 5.32 Å². The van der Waals surface area contributed by atoms with Crippen LogP contribution in [-0.4, -0.2) is 17.0 Å². The van der Waals surface area contributed by atoms with E-state index in [2.05, 4.69) is 5.32 Å². The van der Waals surface area contributed by atoms with Gasteiger partial charge in [0.05, 0.1) is 0 Å². The number of benzene rings is 2. The second kappa shape index (κ2) is 7.18. The molecule has 0 bridgehead atoms. The number of carboxylic acid groups (broad SMARTS) is 1. The molecule has 2 N–H and O–H groups in total. The molecule has 27 heavy (non-hydrogen) atoms. The second-order valence-corrected chi connectivity index (χ2v) is 7.84. The first-order valence-corrected chi connectivity index (χ1v) is 9.77. The maximum atomic E-state index is 12.7. The Bertz CT molecular complexity index is 1000. The van der Waals surface area contributed by atoms with Crippen LogP contribution in [0.1, 0.15) is 21.5 Å². The predicted octanol–water partition coefficient (Wildman–Crippen LogP) is 5.12. The number of carboxylic acids is 1. The van der Waals surface area contributed by atoms with Gasteiger partial charge in [-0.15, -0.1) is 11.3 Å². The van der Waals surface area contributed by atoms with E-state index in [1.807, 2.05) is 24.3 Å². The zero-order valence-corrected chi connectivity index (χ0v) is 15.8. The summed E-state index contributed by atoms with van der Waals surface area (Å²) < 4.78 is 0. The van der Waals surface area contributed by atoms with Gasteiger partial charge in [0.2, 0.25) is 5.91 Å². The largest absolute Gasteiger partial charge is 0.478 e. The van der Waals surface area contributed by atoms with Gasteiger partial charge in [-0.1, -0.05) is 48.0 Å². The van der Waals surface area contributed by atoms with E-state index in [4.69, 9.17) is 11.6 Å². The Kier molecular flexibility index (Phi) is 4.72. The minimum atomic E-state index is -1.06. The molecule has 4 rings (SSSR count). The van der Waals surface area contributed by atoms with Gasteiger partial charge < -0.3 is 10.4 Å². The molecule has 3 aromatic rings. The Morgan fingerprint density at radius 3 is 2.26 bits per heavy atom. The van der Waals surface area contributed by atoms with Crippen molar-refractivity contribution >= 4 is 39.8 Å². The zero-order valence-electron chi connectivity index (χ0n) is 14.2. The van der Waals surface area contributed by atoms with Crippen LogP contribution >= 0.6 is 22.9 Å². The number of anilines is 1. The number of nitrogens with one attached hydrogen (secondary N) is 1. The van der Waals surface area contributed by atoms with Gasteiger partial charge in [0, 0.05) is 21.9 Å². The molecule has 6 heteroatoms. The molecule has 0 aliphatic heterocycles. The third-order valence-electron chi connectivity index (χ3n) is 4.82. The van der Waals surface area contributed by atoms with E-state index in [-0.39, 0.29) is 17.4 Å². The van der Waals surface area contributed by atoms with Crippen molar-refractivity contribution in [3.8, 4) is 11.1 Å². The van der Waals surface area contributed by atoms with E-state index in [1.165, 1.54) is 22.5 Å². The Morgan fingerprint density at radius 1 is 1.04 bits per heavy atom. The van der Waals surface area contributed by atoms with E-state index in [1.54, 1.807) is 29.6 Å². The van der Waals surface area contributed by atoms with E-state index in [9.17, 15) is 14.7 Å². The summed E-state index contributed by atoms with van der Waals surface area (Å²) in [6, 6.07) is 15.0.